The van der Waals surface area contributed by atoms with Crippen molar-refractivity contribution in [3.63, 3.8) is 0 Å². The summed E-state index contributed by atoms with van der Waals surface area (Å²) in [5.74, 6) is 1.84. The first kappa shape index (κ1) is 11.0. The normalized spacial score (nSPS) is 35.1. The van der Waals surface area contributed by atoms with Gasteiger partial charge < -0.3 is 5.32 Å². The molecule has 1 aliphatic rings. The van der Waals surface area contributed by atoms with Crippen LogP contribution < -0.4 is 5.32 Å². The molecule has 1 aliphatic heterocycles. The van der Waals surface area contributed by atoms with E-state index in [0.29, 0.717) is 5.54 Å². The zero-order valence-electron chi connectivity index (χ0n) is 9.69. The number of rotatable bonds is 1. The van der Waals surface area contributed by atoms with Gasteiger partial charge >= 0.3 is 0 Å². The van der Waals surface area contributed by atoms with E-state index in [0.717, 1.165) is 11.8 Å². The van der Waals surface area contributed by atoms with Crippen LogP contribution in [0.2, 0.25) is 0 Å². The highest BCUT2D eigenvalue weighted by molar-refractivity contribution is 4.83. The Hall–Kier alpha value is -0.0400. The lowest BCUT2D eigenvalue weighted by Crippen LogP contribution is -2.43. The van der Waals surface area contributed by atoms with Gasteiger partial charge in [0.05, 0.1) is 0 Å². The molecule has 0 aromatic heterocycles. The molecule has 1 rings (SSSR count). The minimum Gasteiger partial charge on any atom is -0.312 e. The quantitative estimate of drug-likeness (QED) is 0.658. The second-order valence-corrected chi connectivity index (χ2v) is 5.42. The van der Waals surface area contributed by atoms with Gasteiger partial charge in [0.25, 0.3) is 0 Å². The van der Waals surface area contributed by atoms with Crippen LogP contribution in [0.3, 0.4) is 0 Å². The number of hydrogen-bond donors (Lipinski definition) is 1. The molecule has 0 aromatic carbocycles. The molecule has 0 amide bonds. The zero-order chi connectivity index (χ0) is 9.90. The smallest absolute Gasteiger partial charge is 0.0127 e. The first-order valence-electron chi connectivity index (χ1n) is 5.78. The fourth-order valence-electron chi connectivity index (χ4n) is 2.53. The molecule has 78 valence electrons. The van der Waals surface area contributed by atoms with Crippen LogP contribution in [0.4, 0.5) is 0 Å². The highest BCUT2D eigenvalue weighted by atomic mass is 15.0. The van der Waals surface area contributed by atoms with E-state index in [2.05, 4.69) is 33.0 Å². The van der Waals surface area contributed by atoms with Gasteiger partial charge in [0, 0.05) is 5.54 Å². The molecule has 1 fully saturated rings. The molecule has 1 saturated heterocycles. The average molecular weight is 183 g/mol. The Balaban J connectivity index is 2.53. The summed E-state index contributed by atoms with van der Waals surface area (Å²) in [6, 6.07) is 0. The summed E-state index contributed by atoms with van der Waals surface area (Å²) in [6.45, 7) is 10.6. The van der Waals surface area contributed by atoms with Gasteiger partial charge in [-0.25, -0.2) is 0 Å². The third kappa shape index (κ3) is 3.68. The van der Waals surface area contributed by atoms with Crippen molar-refractivity contribution in [1.29, 1.82) is 0 Å². The van der Waals surface area contributed by atoms with Gasteiger partial charge in [-0.2, -0.15) is 0 Å². The molecule has 2 unspecified atom stereocenters. The highest BCUT2D eigenvalue weighted by Crippen LogP contribution is 2.28. The molecule has 1 heteroatoms. The summed E-state index contributed by atoms with van der Waals surface area (Å²) in [5, 5.41) is 3.66. The molecule has 0 bridgehead atoms. The van der Waals surface area contributed by atoms with E-state index >= 15 is 0 Å². The third-order valence-corrected chi connectivity index (χ3v) is 3.35. The van der Waals surface area contributed by atoms with Crippen LogP contribution in [0.1, 0.15) is 53.4 Å². The summed E-state index contributed by atoms with van der Waals surface area (Å²) in [5.41, 5.74) is 0.362. The van der Waals surface area contributed by atoms with E-state index < -0.39 is 0 Å². The van der Waals surface area contributed by atoms with E-state index in [9.17, 15) is 0 Å². The van der Waals surface area contributed by atoms with E-state index in [1.54, 1.807) is 0 Å². The van der Waals surface area contributed by atoms with Crippen molar-refractivity contribution in [3.05, 3.63) is 0 Å². The molecule has 2 atom stereocenters. The monoisotopic (exact) mass is 183 g/mol. The molecule has 1 N–H and O–H groups in total. The Bertz CT molecular complexity index is 151. The second kappa shape index (κ2) is 4.45. The number of nitrogens with one attached hydrogen (secondary N) is 1. The van der Waals surface area contributed by atoms with Gasteiger partial charge in [-0.3, -0.25) is 0 Å². The topological polar surface area (TPSA) is 12.0 Å². The Kier molecular flexibility index (Phi) is 3.78. The van der Waals surface area contributed by atoms with E-state index in [1.165, 1.54) is 32.2 Å². The predicted octanol–water partition coefficient (Wildman–Crippen LogP) is 3.20. The maximum atomic E-state index is 3.66. The molecular weight excluding hydrogens is 158 g/mol. The van der Waals surface area contributed by atoms with E-state index in [-0.39, 0.29) is 0 Å². The fourth-order valence-corrected chi connectivity index (χ4v) is 2.53. The molecule has 0 spiro atoms. The van der Waals surface area contributed by atoms with Crippen LogP contribution in [0.25, 0.3) is 0 Å². The van der Waals surface area contributed by atoms with Gasteiger partial charge in [0.15, 0.2) is 0 Å². The summed E-state index contributed by atoms with van der Waals surface area (Å²) in [4.78, 5) is 0. The van der Waals surface area contributed by atoms with Crippen molar-refractivity contribution < 1.29 is 0 Å². The van der Waals surface area contributed by atoms with Crippen molar-refractivity contribution in [2.45, 2.75) is 58.9 Å². The largest absolute Gasteiger partial charge is 0.312 e. The SMILES string of the molecule is CCC1CC(C)CCNC(C)(C)C1. The predicted molar refractivity (Wildman–Crippen MR) is 58.9 cm³/mol. The highest BCUT2D eigenvalue weighted by Gasteiger charge is 2.25. The first-order chi connectivity index (χ1) is 6.03. The fraction of sp³-hybridized carbons (Fsp3) is 1.00. The molecule has 13 heavy (non-hydrogen) atoms. The van der Waals surface area contributed by atoms with Crippen molar-refractivity contribution in [3.8, 4) is 0 Å². The van der Waals surface area contributed by atoms with Crippen LogP contribution in [0.5, 0.6) is 0 Å². The molecule has 0 radical (unpaired) electrons. The number of hydrogen-bond acceptors (Lipinski definition) is 1. The summed E-state index contributed by atoms with van der Waals surface area (Å²) >= 11 is 0. The summed E-state index contributed by atoms with van der Waals surface area (Å²) in [7, 11) is 0. The minimum atomic E-state index is 0.362. The van der Waals surface area contributed by atoms with E-state index in [4.69, 9.17) is 0 Å². The van der Waals surface area contributed by atoms with Crippen LogP contribution in [-0.4, -0.2) is 12.1 Å². The Morgan fingerprint density at radius 2 is 2.08 bits per heavy atom. The Morgan fingerprint density at radius 3 is 2.69 bits per heavy atom. The van der Waals surface area contributed by atoms with Gasteiger partial charge in [0.2, 0.25) is 0 Å². The molecule has 0 saturated carbocycles. The molecule has 1 heterocycles. The van der Waals surface area contributed by atoms with Crippen molar-refractivity contribution in [2.24, 2.45) is 11.8 Å². The maximum Gasteiger partial charge on any atom is 0.0127 e. The maximum absolute atomic E-state index is 3.66. The first-order valence-corrected chi connectivity index (χ1v) is 5.78. The standard InChI is InChI=1S/C12H25N/c1-5-11-8-10(2)6-7-13-12(3,4)9-11/h10-11,13H,5-9H2,1-4H3. The lowest BCUT2D eigenvalue weighted by atomic mass is 9.81. The van der Waals surface area contributed by atoms with E-state index in [1.807, 2.05) is 0 Å². The molecule has 0 aliphatic carbocycles. The van der Waals surface area contributed by atoms with Crippen LogP contribution in [0, 0.1) is 11.8 Å². The molecule has 1 nitrogen and oxygen atoms in total. The zero-order valence-corrected chi connectivity index (χ0v) is 9.69. The van der Waals surface area contributed by atoms with Gasteiger partial charge in [-0.05, 0) is 51.5 Å². The van der Waals surface area contributed by atoms with Gasteiger partial charge in [0.1, 0.15) is 0 Å². The molecule has 0 aromatic rings. The molecular formula is C12H25N. The third-order valence-electron chi connectivity index (χ3n) is 3.35. The van der Waals surface area contributed by atoms with Gasteiger partial charge in [-0.1, -0.05) is 20.3 Å². The van der Waals surface area contributed by atoms with Crippen molar-refractivity contribution in [1.82, 2.24) is 5.32 Å². The van der Waals surface area contributed by atoms with Crippen LogP contribution >= 0.6 is 0 Å². The van der Waals surface area contributed by atoms with Crippen LogP contribution in [0.15, 0.2) is 0 Å². The van der Waals surface area contributed by atoms with Crippen molar-refractivity contribution >= 4 is 0 Å². The van der Waals surface area contributed by atoms with Crippen molar-refractivity contribution in [2.75, 3.05) is 6.54 Å². The van der Waals surface area contributed by atoms with Crippen LogP contribution in [-0.2, 0) is 0 Å². The minimum absolute atomic E-state index is 0.362. The lowest BCUT2D eigenvalue weighted by Gasteiger charge is -2.35. The van der Waals surface area contributed by atoms with Gasteiger partial charge in [-0.15, -0.1) is 0 Å². The summed E-state index contributed by atoms with van der Waals surface area (Å²) < 4.78 is 0. The summed E-state index contributed by atoms with van der Waals surface area (Å²) in [6.07, 6.45) is 5.46. The Labute approximate surface area is 83.3 Å². The Morgan fingerprint density at radius 1 is 1.38 bits per heavy atom. The average Bonchev–Trinajstić information content (AvgIpc) is 1.99. The lowest BCUT2D eigenvalue weighted by molar-refractivity contribution is 0.222. The second-order valence-electron chi connectivity index (χ2n) is 5.42.